The van der Waals surface area contributed by atoms with Gasteiger partial charge in [-0.25, -0.2) is 4.98 Å². The fraction of sp³-hybridized carbons (Fsp3) is 0.0714. The van der Waals surface area contributed by atoms with Crippen LogP contribution in [-0.4, -0.2) is 0 Å². The summed E-state index contributed by atoms with van der Waals surface area (Å²) in [7, 11) is 0. The van der Waals surface area contributed by atoms with Gasteiger partial charge in [0, 0.05) is 12.1 Å². The summed E-state index contributed by atoms with van der Waals surface area (Å²) in [4.78, 5) is 3.00. The van der Waals surface area contributed by atoms with Gasteiger partial charge in [-0.15, -0.1) is 0 Å². The first-order chi connectivity index (χ1) is 7.34. The first-order valence-corrected chi connectivity index (χ1v) is 5.05. The number of nitrogens with one attached hydrogen (secondary N) is 1. The maximum atomic E-state index is 3.00. The van der Waals surface area contributed by atoms with Crippen LogP contribution in [0.5, 0.6) is 0 Å². The van der Waals surface area contributed by atoms with Gasteiger partial charge >= 0.3 is 0 Å². The van der Waals surface area contributed by atoms with Crippen LogP contribution in [0.4, 0.5) is 0 Å². The fourth-order valence-electron chi connectivity index (χ4n) is 1.38. The number of halogens is 1. The monoisotopic (exact) mass is 231 g/mol. The van der Waals surface area contributed by atoms with E-state index in [1.807, 2.05) is 24.5 Å². The van der Waals surface area contributed by atoms with E-state index in [-0.39, 0.29) is 12.4 Å². The molecule has 1 aromatic heterocycles. The average molecular weight is 232 g/mol. The molecule has 0 saturated carbocycles. The quantitative estimate of drug-likeness (QED) is 0.690. The Balaban J connectivity index is 0.00000128. The second-order valence-electron chi connectivity index (χ2n) is 3.58. The maximum absolute atomic E-state index is 3.00. The van der Waals surface area contributed by atoms with Crippen LogP contribution in [0, 0.1) is 6.92 Å². The van der Waals surface area contributed by atoms with Crippen molar-refractivity contribution in [1.82, 2.24) is 0 Å². The third-order valence-electron chi connectivity index (χ3n) is 2.29. The largest absolute Gasteiger partial charge is 1.00 e. The second-order valence-corrected chi connectivity index (χ2v) is 3.58. The number of aromatic nitrogens is 1. The molecule has 0 atom stereocenters. The smallest absolute Gasteiger partial charge is 0.167 e. The summed E-state index contributed by atoms with van der Waals surface area (Å²) in [6.07, 6.45) is 8.08. The number of pyridine rings is 1. The van der Waals surface area contributed by atoms with Crippen molar-refractivity contribution in [1.29, 1.82) is 0 Å². The van der Waals surface area contributed by atoms with Crippen molar-refractivity contribution >= 4 is 12.2 Å². The molecule has 1 heterocycles. The van der Waals surface area contributed by atoms with Crippen LogP contribution in [0.1, 0.15) is 16.7 Å². The zero-order valence-corrected chi connectivity index (χ0v) is 9.91. The van der Waals surface area contributed by atoms with Crippen molar-refractivity contribution in [3.05, 3.63) is 65.5 Å². The highest BCUT2D eigenvalue weighted by Crippen LogP contribution is 2.08. The number of benzene rings is 1. The minimum absolute atomic E-state index is 0. The number of H-pyrrole nitrogens is 1. The van der Waals surface area contributed by atoms with Gasteiger partial charge in [-0.2, -0.15) is 0 Å². The van der Waals surface area contributed by atoms with Gasteiger partial charge < -0.3 is 12.4 Å². The number of hydrogen-bond donors (Lipinski definition) is 0. The van der Waals surface area contributed by atoms with Gasteiger partial charge in [0.15, 0.2) is 12.4 Å². The predicted octanol–water partition coefficient (Wildman–Crippen LogP) is -0.0165. The molecule has 2 rings (SSSR count). The van der Waals surface area contributed by atoms with Crippen LogP contribution in [0.25, 0.3) is 12.2 Å². The van der Waals surface area contributed by atoms with Gasteiger partial charge in [0.05, 0.1) is 0 Å². The number of rotatable bonds is 2. The van der Waals surface area contributed by atoms with Gasteiger partial charge in [-0.05, 0) is 18.1 Å². The highest BCUT2D eigenvalue weighted by atomic mass is 35.5. The molecule has 0 saturated heterocycles. The highest BCUT2D eigenvalue weighted by Gasteiger charge is 1.88. The first kappa shape index (κ1) is 12.5. The Morgan fingerprint density at radius 1 is 0.812 bits per heavy atom. The summed E-state index contributed by atoms with van der Waals surface area (Å²) in [6.45, 7) is 2.10. The van der Waals surface area contributed by atoms with Crippen LogP contribution < -0.4 is 17.4 Å². The molecule has 0 bridgehead atoms. The molecule has 0 fully saturated rings. The summed E-state index contributed by atoms with van der Waals surface area (Å²) < 4.78 is 0. The van der Waals surface area contributed by atoms with E-state index in [9.17, 15) is 0 Å². The van der Waals surface area contributed by atoms with E-state index in [4.69, 9.17) is 0 Å². The zero-order chi connectivity index (χ0) is 10.5. The van der Waals surface area contributed by atoms with Crippen molar-refractivity contribution in [3.63, 3.8) is 0 Å². The lowest BCUT2D eigenvalue weighted by atomic mass is 10.1. The minimum atomic E-state index is 0. The van der Waals surface area contributed by atoms with E-state index in [0.29, 0.717) is 0 Å². The molecule has 0 amide bonds. The van der Waals surface area contributed by atoms with Gasteiger partial charge in [0.2, 0.25) is 0 Å². The van der Waals surface area contributed by atoms with Crippen LogP contribution in [0.15, 0.2) is 48.8 Å². The maximum Gasteiger partial charge on any atom is 0.167 e. The molecule has 1 N–H and O–H groups in total. The minimum Gasteiger partial charge on any atom is -1.00 e. The summed E-state index contributed by atoms with van der Waals surface area (Å²) in [5.74, 6) is 0. The Labute approximate surface area is 102 Å². The van der Waals surface area contributed by atoms with Gasteiger partial charge in [-0.1, -0.05) is 42.0 Å². The lowest BCUT2D eigenvalue weighted by Crippen LogP contribution is -3.00. The molecular weight excluding hydrogens is 218 g/mol. The molecule has 0 radical (unpaired) electrons. The van der Waals surface area contributed by atoms with Crippen LogP contribution in [0.2, 0.25) is 0 Å². The summed E-state index contributed by atoms with van der Waals surface area (Å²) >= 11 is 0. The molecule has 16 heavy (non-hydrogen) atoms. The number of aryl methyl sites for hydroxylation is 1. The summed E-state index contributed by atoms with van der Waals surface area (Å²) in [6, 6.07) is 12.6. The molecule has 1 nitrogen and oxygen atoms in total. The molecule has 0 aliphatic carbocycles. The van der Waals surface area contributed by atoms with E-state index < -0.39 is 0 Å². The van der Waals surface area contributed by atoms with E-state index in [1.165, 1.54) is 16.7 Å². The SMILES string of the molecule is Cc1ccc(/C=C\c2cc[nH+]cc2)cc1.[Cl-]. The van der Waals surface area contributed by atoms with E-state index >= 15 is 0 Å². The predicted molar refractivity (Wildman–Crippen MR) is 63.1 cm³/mol. The molecule has 82 valence electrons. The lowest BCUT2D eigenvalue weighted by molar-refractivity contribution is -0.378. The van der Waals surface area contributed by atoms with Crippen molar-refractivity contribution in [2.45, 2.75) is 6.92 Å². The molecule has 0 spiro atoms. The first-order valence-electron chi connectivity index (χ1n) is 5.05. The molecule has 0 aliphatic heterocycles. The Kier molecular flexibility index (Phi) is 4.74. The fourth-order valence-corrected chi connectivity index (χ4v) is 1.38. The lowest BCUT2D eigenvalue weighted by Gasteiger charge is -1.94. The number of aromatic amines is 1. The Bertz CT molecular complexity index is 446. The molecule has 2 heteroatoms. The molecule has 2 aromatic rings. The van der Waals surface area contributed by atoms with Gasteiger partial charge in [0.1, 0.15) is 0 Å². The Hall–Kier alpha value is -1.60. The third kappa shape index (κ3) is 3.52. The average Bonchev–Trinajstić information content (AvgIpc) is 2.30. The van der Waals surface area contributed by atoms with Gasteiger partial charge in [0.25, 0.3) is 0 Å². The molecule has 1 aromatic carbocycles. The highest BCUT2D eigenvalue weighted by molar-refractivity contribution is 5.69. The van der Waals surface area contributed by atoms with Crippen molar-refractivity contribution < 1.29 is 17.4 Å². The Morgan fingerprint density at radius 3 is 1.88 bits per heavy atom. The zero-order valence-electron chi connectivity index (χ0n) is 9.15. The Morgan fingerprint density at radius 2 is 1.31 bits per heavy atom. The summed E-state index contributed by atoms with van der Waals surface area (Å²) in [5, 5.41) is 0. The molecule has 0 unspecified atom stereocenters. The van der Waals surface area contributed by atoms with E-state index in [2.05, 4.69) is 48.3 Å². The van der Waals surface area contributed by atoms with E-state index in [1.54, 1.807) is 0 Å². The number of hydrogen-bond acceptors (Lipinski definition) is 0. The third-order valence-corrected chi connectivity index (χ3v) is 2.29. The standard InChI is InChI=1S/C14H13N.ClH/c1-12-2-4-13(5-3-12)6-7-14-8-10-15-11-9-14;/h2-11H,1H3;1H/b7-6-;. The molecule has 0 aliphatic rings. The second kappa shape index (κ2) is 6.09. The van der Waals surface area contributed by atoms with Crippen LogP contribution in [-0.2, 0) is 0 Å². The summed E-state index contributed by atoms with van der Waals surface area (Å²) in [5.41, 5.74) is 3.73. The van der Waals surface area contributed by atoms with Crippen molar-refractivity contribution in [3.8, 4) is 0 Å². The molecular formula is C14H14ClN. The normalized spacial score (nSPS) is 10.1. The van der Waals surface area contributed by atoms with Gasteiger partial charge in [-0.3, -0.25) is 0 Å². The van der Waals surface area contributed by atoms with Crippen LogP contribution >= 0.6 is 0 Å². The van der Waals surface area contributed by atoms with Crippen molar-refractivity contribution in [2.24, 2.45) is 0 Å². The topological polar surface area (TPSA) is 14.1 Å². The van der Waals surface area contributed by atoms with Crippen molar-refractivity contribution in [2.75, 3.05) is 0 Å². The van der Waals surface area contributed by atoms with E-state index in [0.717, 1.165) is 0 Å². The van der Waals surface area contributed by atoms with Crippen LogP contribution in [0.3, 0.4) is 0 Å².